The minimum atomic E-state index is -4.01. The number of amides is 2. The number of morpholine rings is 1. The molecular weight excluding hydrogens is 608 g/mol. The van der Waals surface area contributed by atoms with Crippen LogP contribution in [0.5, 0.6) is 5.75 Å². The smallest absolute Gasteiger partial charge is 0.410 e. The van der Waals surface area contributed by atoms with Crippen LogP contribution in [-0.4, -0.2) is 88.3 Å². The highest BCUT2D eigenvalue weighted by atomic mass is 32.2. The highest BCUT2D eigenvalue weighted by Crippen LogP contribution is 2.58. The van der Waals surface area contributed by atoms with Crippen LogP contribution in [0.25, 0.3) is 16.6 Å². The molecule has 0 spiro atoms. The van der Waals surface area contributed by atoms with E-state index in [9.17, 15) is 18.0 Å². The van der Waals surface area contributed by atoms with Gasteiger partial charge in [-0.1, -0.05) is 37.5 Å². The average Bonchev–Trinajstić information content (AvgIpc) is 3.71. The van der Waals surface area contributed by atoms with E-state index < -0.39 is 28.1 Å². The molecule has 3 heterocycles. The summed E-state index contributed by atoms with van der Waals surface area (Å²) in [6.07, 6.45) is 11.2. The highest BCUT2D eigenvalue weighted by Gasteiger charge is 2.52. The lowest BCUT2D eigenvalue weighted by molar-refractivity contribution is -0.119. The number of nitrogens with zero attached hydrogens (tertiary/aromatic N) is 3. The minimum Gasteiger partial charge on any atom is -0.496 e. The lowest BCUT2D eigenvalue weighted by Crippen LogP contribution is -2.41. The van der Waals surface area contributed by atoms with Crippen molar-refractivity contribution in [2.75, 3.05) is 54.1 Å². The molecule has 2 unspecified atom stereocenters. The second-order valence-corrected chi connectivity index (χ2v) is 14.8. The van der Waals surface area contributed by atoms with Crippen molar-refractivity contribution in [2.45, 2.75) is 56.8 Å². The Hall–Kier alpha value is -3.61. The number of fused-ring (bicyclic) bond motifs is 6. The Morgan fingerprint density at radius 3 is 2.54 bits per heavy atom. The Labute approximate surface area is 270 Å². The van der Waals surface area contributed by atoms with Crippen molar-refractivity contribution >= 4 is 38.8 Å². The number of carbonyl (C=O) groups excluding carboxylic acids is 2. The first-order valence-corrected chi connectivity index (χ1v) is 17.8. The van der Waals surface area contributed by atoms with Gasteiger partial charge in [0, 0.05) is 44.2 Å². The molecule has 2 aromatic rings. The number of carbonyl (C=O) groups is 2. The Morgan fingerprint density at radius 1 is 1.07 bits per heavy atom. The Kier molecular flexibility index (Phi) is 8.23. The van der Waals surface area contributed by atoms with Crippen molar-refractivity contribution in [3.63, 3.8) is 0 Å². The topological polar surface area (TPSA) is 119 Å². The Bertz CT molecular complexity index is 1780. The summed E-state index contributed by atoms with van der Waals surface area (Å²) >= 11 is 0. The number of hydrogen-bond donors (Lipinski definition) is 1. The number of benzene rings is 1. The Morgan fingerprint density at radius 2 is 1.83 bits per heavy atom. The zero-order valence-electron chi connectivity index (χ0n) is 26.7. The first-order chi connectivity index (χ1) is 22.2. The molecule has 0 radical (unpaired) electrons. The predicted octanol–water partition coefficient (Wildman–Crippen LogP) is 4.67. The second kappa shape index (κ2) is 12.2. The second-order valence-electron chi connectivity index (χ2n) is 13.0. The SMILES string of the molecule is COc1ccc(C2CCCCC2)c2c1cc1n2C(COC(=O)N2CCOCC2)=C2C(=C3C=CCCC31)C2C(=O)NS(=O)(=O)N(C)C. The molecule has 3 aliphatic carbocycles. The highest BCUT2D eigenvalue weighted by molar-refractivity contribution is 7.87. The molecule has 1 saturated heterocycles. The number of nitrogens with one attached hydrogen (secondary N) is 1. The number of allylic oxidation sites excluding steroid dienone is 3. The Balaban J connectivity index is 1.43. The maximum atomic E-state index is 13.8. The normalized spacial score (nSPS) is 23.2. The molecule has 2 saturated carbocycles. The molecule has 246 valence electrons. The van der Waals surface area contributed by atoms with Crippen LogP contribution in [0.1, 0.15) is 68.0 Å². The lowest BCUT2D eigenvalue weighted by Gasteiger charge is -2.28. The molecule has 11 nitrogen and oxygen atoms in total. The van der Waals surface area contributed by atoms with Gasteiger partial charge in [0.15, 0.2) is 0 Å². The number of methoxy groups -OCH3 is 1. The predicted molar refractivity (Wildman–Crippen MR) is 174 cm³/mol. The minimum absolute atomic E-state index is 0.0259. The van der Waals surface area contributed by atoms with E-state index in [-0.39, 0.29) is 12.5 Å². The summed E-state index contributed by atoms with van der Waals surface area (Å²) in [7, 11) is 0.440. The van der Waals surface area contributed by atoms with E-state index >= 15 is 0 Å². The van der Waals surface area contributed by atoms with E-state index in [4.69, 9.17) is 14.2 Å². The van der Waals surface area contributed by atoms with Gasteiger partial charge in [-0.3, -0.25) is 4.79 Å². The molecule has 1 aromatic carbocycles. The van der Waals surface area contributed by atoms with E-state index in [2.05, 4.69) is 39.6 Å². The van der Waals surface area contributed by atoms with Gasteiger partial charge in [0.05, 0.1) is 37.5 Å². The van der Waals surface area contributed by atoms with Gasteiger partial charge >= 0.3 is 16.3 Å². The third kappa shape index (κ3) is 5.33. The number of ether oxygens (including phenoxy) is 3. The lowest BCUT2D eigenvalue weighted by atomic mass is 9.83. The van der Waals surface area contributed by atoms with Crippen LogP contribution in [-0.2, 0) is 24.5 Å². The molecule has 12 heteroatoms. The maximum absolute atomic E-state index is 13.8. The van der Waals surface area contributed by atoms with Gasteiger partial charge in [0.25, 0.3) is 0 Å². The standard InChI is InChI=1S/C34H42N4O7S/c1-36(2)46(41,42)35-33(39)31-29-24-12-8-7-11-23(24)26-19-25-28(43-3)14-13-22(21-9-5-4-6-10-21)32(25)38(26)27(30(29)31)20-45-34(40)37-15-17-44-18-16-37/h8,12-14,19,21,23,31H,4-7,9-11,15-18,20H2,1-3H3,(H,35,39). The van der Waals surface area contributed by atoms with Gasteiger partial charge < -0.3 is 23.7 Å². The molecular formula is C34H42N4O7S. The molecule has 7 rings (SSSR count). The van der Waals surface area contributed by atoms with E-state index in [0.29, 0.717) is 37.9 Å². The van der Waals surface area contributed by atoms with Gasteiger partial charge in [0.1, 0.15) is 12.4 Å². The van der Waals surface area contributed by atoms with Gasteiger partial charge in [0.2, 0.25) is 5.91 Å². The van der Waals surface area contributed by atoms with Crippen molar-refractivity contribution in [1.29, 1.82) is 0 Å². The number of hydrogen-bond acceptors (Lipinski definition) is 7. The molecule has 5 aliphatic rings. The van der Waals surface area contributed by atoms with Crippen molar-refractivity contribution in [2.24, 2.45) is 5.92 Å². The van der Waals surface area contributed by atoms with Crippen LogP contribution in [0.2, 0.25) is 0 Å². The summed E-state index contributed by atoms with van der Waals surface area (Å²) in [5.74, 6) is -0.272. The van der Waals surface area contributed by atoms with Crippen LogP contribution in [0.3, 0.4) is 0 Å². The van der Waals surface area contributed by atoms with Crippen LogP contribution in [0, 0.1) is 5.92 Å². The number of aromatic nitrogens is 1. The van der Waals surface area contributed by atoms with Crippen molar-refractivity contribution in [3.05, 3.63) is 58.3 Å². The average molecular weight is 651 g/mol. The van der Waals surface area contributed by atoms with Crippen molar-refractivity contribution < 1.29 is 32.2 Å². The molecule has 46 heavy (non-hydrogen) atoms. The quantitative estimate of drug-likeness (QED) is 0.463. The first kappa shape index (κ1) is 31.0. The molecule has 1 aromatic heterocycles. The zero-order chi connectivity index (χ0) is 32.2. The molecule has 2 atom stereocenters. The van der Waals surface area contributed by atoms with Crippen LogP contribution >= 0.6 is 0 Å². The monoisotopic (exact) mass is 650 g/mol. The van der Waals surface area contributed by atoms with Crippen molar-refractivity contribution in [1.82, 2.24) is 18.5 Å². The summed E-state index contributed by atoms with van der Waals surface area (Å²) in [6, 6.07) is 6.44. The largest absolute Gasteiger partial charge is 0.496 e. The third-order valence-corrected chi connectivity index (χ3v) is 11.6. The zero-order valence-corrected chi connectivity index (χ0v) is 27.5. The van der Waals surface area contributed by atoms with E-state index in [1.807, 2.05) is 0 Å². The van der Waals surface area contributed by atoms with E-state index in [0.717, 1.165) is 69.1 Å². The molecule has 2 amide bonds. The van der Waals surface area contributed by atoms with E-state index in [1.54, 1.807) is 12.0 Å². The van der Waals surface area contributed by atoms with Gasteiger partial charge in [-0.15, -0.1) is 0 Å². The maximum Gasteiger partial charge on any atom is 0.410 e. The van der Waals surface area contributed by atoms with E-state index in [1.165, 1.54) is 38.9 Å². The molecule has 2 aliphatic heterocycles. The van der Waals surface area contributed by atoms with Crippen LogP contribution < -0.4 is 9.46 Å². The first-order valence-electron chi connectivity index (χ1n) is 16.3. The van der Waals surface area contributed by atoms with Crippen molar-refractivity contribution in [3.8, 4) is 5.75 Å². The summed E-state index contributed by atoms with van der Waals surface area (Å²) in [6.45, 7) is 1.73. The molecule has 3 fully saturated rings. The summed E-state index contributed by atoms with van der Waals surface area (Å²) < 4.78 is 48.4. The summed E-state index contributed by atoms with van der Waals surface area (Å²) in [5, 5.41) is 0.993. The fourth-order valence-corrected chi connectivity index (χ4v) is 8.33. The molecule has 1 N–H and O–H groups in total. The van der Waals surface area contributed by atoms with Crippen LogP contribution in [0.4, 0.5) is 4.79 Å². The fraction of sp³-hybridized carbons (Fsp3) is 0.529. The fourth-order valence-electron chi connectivity index (χ4n) is 7.77. The summed E-state index contributed by atoms with van der Waals surface area (Å²) in [5.41, 5.74) is 6.58. The van der Waals surface area contributed by atoms with Gasteiger partial charge in [-0.2, -0.15) is 12.7 Å². The summed E-state index contributed by atoms with van der Waals surface area (Å²) in [4.78, 5) is 28.7. The van der Waals surface area contributed by atoms with Gasteiger partial charge in [-0.25, -0.2) is 9.52 Å². The van der Waals surface area contributed by atoms with Crippen LogP contribution in [0.15, 0.2) is 47.1 Å². The number of rotatable bonds is 7. The third-order valence-electron chi connectivity index (χ3n) is 10.1. The van der Waals surface area contributed by atoms with Gasteiger partial charge in [-0.05, 0) is 66.0 Å². The molecule has 0 bridgehead atoms.